The molecule has 0 aliphatic carbocycles. The van der Waals surface area contributed by atoms with Crippen LogP contribution in [0.25, 0.3) is 10.9 Å². The first-order valence-corrected chi connectivity index (χ1v) is 9.83. The van der Waals surface area contributed by atoms with E-state index in [1.165, 1.54) is 0 Å². The molecule has 0 bridgehead atoms. The minimum Gasteiger partial charge on any atom is -0.361 e. The lowest BCUT2D eigenvalue weighted by Gasteiger charge is -2.35. The van der Waals surface area contributed by atoms with Crippen LogP contribution in [0.2, 0.25) is 5.02 Å². The fraction of sp³-hybridized carbons (Fsp3) is 0.273. The lowest BCUT2D eigenvalue weighted by atomic mass is 10.1. The van der Waals surface area contributed by atoms with Gasteiger partial charge in [-0.15, -0.1) is 0 Å². The number of amides is 2. The average Bonchev–Trinajstić information content (AvgIpc) is 3.13. The zero-order valence-electron chi connectivity index (χ0n) is 15.5. The van der Waals surface area contributed by atoms with Crippen molar-refractivity contribution in [2.75, 3.05) is 26.2 Å². The van der Waals surface area contributed by atoms with E-state index >= 15 is 0 Å². The Morgan fingerprint density at radius 3 is 2.14 bits per heavy atom. The van der Waals surface area contributed by atoms with Crippen LogP contribution in [-0.4, -0.2) is 52.8 Å². The second kappa shape index (κ2) is 8.07. The molecule has 4 rings (SSSR count). The first-order chi connectivity index (χ1) is 13.6. The zero-order chi connectivity index (χ0) is 19.5. The van der Waals surface area contributed by atoms with Gasteiger partial charge in [0.1, 0.15) is 0 Å². The van der Waals surface area contributed by atoms with Gasteiger partial charge in [0.25, 0.3) is 0 Å². The second-order valence-electron chi connectivity index (χ2n) is 7.10. The molecule has 1 N–H and O–H groups in total. The van der Waals surface area contributed by atoms with Crippen LogP contribution in [0.15, 0.2) is 54.7 Å². The summed E-state index contributed by atoms with van der Waals surface area (Å²) in [7, 11) is 0. The normalized spacial score (nSPS) is 14.5. The molecule has 1 saturated heterocycles. The van der Waals surface area contributed by atoms with E-state index < -0.39 is 0 Å². The highest BCUT2D eigenvalue weighted by molar-refractivity contribution is 6.30. The molecule has 1 fully saturated rings. The van der Waals surface area contributed by atoms with E-state index in [9.17, 15) is 9.59 Å². The number of benzene rings is 2. The number of H-pyrrole nitrogens is 1. The van der Waals surface area contributed by atoms with E-state index in [4.69, 9.17) is 11.6 Å². The van der Waals surface area contributed by atoms with Crippen molar-refractivity contribution in [3.05, 3.63) is 70.9 Å². The zero-order valence-corrected chi connectivity index (χ0v) is 16.3. The van der Waals surface area contributed by atoms with Crippen LogP contribution < -0.4 is 0 Å². The Hall–Kier alpha value is -2.79. The summed E-state index contributed by atoms with van der Waals surface area (Å²) in [5.41, 5.74) is 3.01. The van der Waals surface area contributed by atoms with Crippen LogP contribution in [0.3, 0.4) is 0 Å². The Morgan fingerprint density at radius 1 is 0.857 bits per heavy atom. The Balaban J connectivity index is 1.31. The standard InChI is InChI=1S/C22H22ClN3O2/c23-18-7-5-16(6-8-18)13-21(27)25-9-11-26(12-10-25)22(28)14-17-15-24-20-4-2-1-3-19(17)20/h1-8,15,24H,9-14H2. The molecule has 5 nitrogen and oxygen atoms in total. The topological polar surface area (TPSA) is 56.4 Å². The van der Waals surface area contributed by atoms with Gasteiger partial charge in [-0.3, -0.25) is 9.59 Å². The number of hydrogen-bond donors (Lipinski definition) is 1. The van der Waals surface area contributed by atoms with E-state index in [-0.39, 0.29) is 11.8 Å². The second-order valence-corrected chi connectivity index (χ2v) is 7.54. The van der Waals surface area contributed by atoms with E-state index in [0.717, 1.165) is 22.0 Å². The van der Waals surface area contributed by atoms with Crippen LogP contribution in [0.5, 0.6) is 0 Å². The first-order valence-electron chi connectivity index (χ1n) is 9.45. The molecule has 0 atom stereocenters. The van der Waals surface area contributed by atoms with E-state index in [1.807, 2.05) is 52.4 Å². The fourth-order valence-corrected chi connectivity index (χ4v) is 3.77. The van der Waals surface area contributed by atoms with Crippen LogP contribution in [0, 0.1) is 0 Å². The maximum absolute atomic E-state index is 12.7. The van der Waals surface area contributed by atoms with Crippen molar-refractivity contribution in [2.45, 2.75) is 12.8 Å². The first kappa shape index (κ1) is 18.6. The van der Waals surface area contributed by atoms with Gasteiger partial charge in [-0.2, -0.15) is 0 Å². The minimum absolute atomic E-state index is 0.0889. The summed E-state index contributed by atoms with van der Waals surface area (Å²) in [6, 6.07) is 15.3. The Bertz CT molecular complexity index is 988. The van der Waals surface area contributed by atoms with Gasteiger partial charge in [0.2, 0.25) is 11.8 Å². The number of para-hydroxylation sites is 1. The van der Waals surface area contributed by atoms with Crippen LogP contribution in [0.1, 0.15) is 11.1 Å². The van der Waals surface area contributed by atoms with Crippen molar-refractivity contribution in [2.24, 2.45) is 0 Å². The molecule has 6 heteroatoms. The van der Waals surface area contributed by atoms with Gasteiger partial charge in [0.15, 0.2) is 0 Å². The Morgan fingerprint density at radius 2 is 1.46 bits per heavy atom. The number of piperazine rings is 1. The van der Waals surface area contributed by atoms with Crippen LogP contribution in [0.4, 0.5) is 0 Å². The summed E-state index contributed by atoms with van der Waals surface area (Å²) < 4.78 is 0. The van der Waals surface area contributed by atoms with Gasteiger partial charge in [-0.1, -0.05) is 41.9 Å². The lowest BCUT2D eigenvalue weighted by Crippen LogP contribution is -2.51. The molecular formula is C22H22ClN3O2. The number of rotatable bonds is 4. The van der Waals surface area contributed by atoms with Crippen molar-refractivity contribution in [3.8, 4) is 0 Å². The Kier molecular flexibility index (Phi) is 5.35. The molecule has 0 spiro atoms. The molecule has 144 valence electrons. The van der Waals surface area contributed by atoms with Gasteiger partial charge in [-0.05, 0) is 29.3 Å². The van der Waals surface area contributed by atoms with Crippen LogP contribution >= 0.6 is 11.6 Å². The van der Waals surface area contributed by atoms with Gasteiger partial charge >= 0.3 is 0 Å². The molecule has 1 aromatic heterocycles. The number of aromatic nitrogens is 1. The summed E-state index contributed by atoms with van der Waals surface area (Å²) in [5, 5.41) is 1.76. The number of nitrogens with zero attached hydrogens (tertiary/aromatic N) is 2. The molecule has 2 heterocycles. The fourth-order valence-electron chi connectivity index (χ4n) is 3.65. The molecule has 0 saturated carbocycles. The summed E-state index contributed by atoms with van der Waals surface area (Å²) in [6.07, 6.45) is 2.65. The predicted octanol–water partition coefficient (Wildman–Crippen LogP) is 3.28. The number of carbonyl (C=O) groups excluding carboxylic acids is 2. The Labute approximate surface area is 168 Å². The van der Waals surface area contributed by atoms with Crippen molar-refractivity contribution >= 4 is 34.3 Å². The third-order valence-electron chi connectivity index (χ3n) is 5.27. The smallest absolute Gasteiger partial charge is 0.227 e. The van der Waals surface area contributed by atoms with E-state index in [0.29, 0.717) is 44.0 Å². The average molecular weight is 396 g/mol. The number of nitrogens with one attached hydrogen (secondary N) is 1. The third-order valence-corrected chi connectivity index (χ3v) is 5.52. The number of aromatic amines is 1. The van der Waals surface area contributed by atoms with Crippen molar-refractivity contribution in [1.82, 2.24) is 14.8 Å². The SMILES string of the molecule is O=C(Cc1ccc(Cl)cc1)N1CCN(C(=O)Cc2c[nH]c3ccccc23)CC1. The molecule has 0 radical (unpaired) electrons. The number of carbonyl (C=O) groups is 2. The quantitative estimate of drug-likeness (QED) is 0.737. The molecule has 0 unspecified atom stereocenters. The van der Waals surface area contributed by atoms with Gasteiger partial charge in [0, 0.05) is 48.3 Å². The van der Waals surface area contributed by atoms with E-state index in [2.05, 4.69) is 4.98 Å². The molecule has 28 heavy (non-hydrogen) atoms. The maximum Gasteiger partial charge on any atom is 0.227 e. The molecule has 3 aromatic rings. The summed E-state index contributed by atoms with van der Waals surface area (Å²) in [4.78, 5) is 32.1. The summed E-state index contributed by atoms with van der Waals surface area (Å²) >= 11 is 5.89. The maximum atomic E-state index is 12.7. The molecular weight excluding hydrogens is 374 g/mol. The highest BCUT2D eigenvalue weighted by Crippen LogP contribution is 2.19. The molecule has 2 aromatic carbocycles. The van der Waals surface area contributed by atoms with Crippen molar-refractivity contribution < 1.29 is 9.59 Å². The molecule has 1 aliphatic rings. The lowest BCUT2D eigenvalue weighted by molar-refractivity contribution is -0.138. The number of hydrogen-bond acceptors (Lipinski definition) is 2. The third kappa shape index (κ3) is 4.04. The van der Waals surface area contributed by atoms with Gasteiger partial charge in [-0.25, -0.2) is 0 Å². The van der Waals surface area contributed by atoms with Crippen LogP contribution in [-0.2, 0) is 22.4 Å². The molecule has 1 aliphatic heterocycles. The van der Waals surface area contributed by atoms with Crippen molar-refractivity contribution in [3.63, 3.8) is 0 Å². The largest absolute Gasteiger partial charge is 0.361 e. The minimum atomic E-state index is 0.0889. The highest BCUT2D eigenvalue weighted by Gasteiger charge is 2.24. The monoisotopic (exact) mass is 395 g/mol. The molecule has 2 amide bonds. The van der Waals surface area contributed by atoms with Gasteiger partial charge in [0.05, 0.1) is 12.8 Å². The highest BCUT2D eigenvalue weighted by atomic mass is 35.5. The predicted molar refractivity (Wildman–Crippen MR) is 110 cm³/mol. The van der Waals surface area contributed by atoms with Gasteiger partial charge < -0.3 is 14.8 Å². The van der Waals surface area contributed by atoms with Crippen molar-refractivity contribution in [1.29, 1.82) is 0 Å². The summed E-state index contributed by atoms with van der Waals surface area (Å²) in [6.45, 7) is 2.30. The number of halogens is 1. The summed E-state index contributed by atoms with van der Waals surface area (Å²) in [5.74, 6) is 0.195. The number of fused-ring (bicyclic) bond motifs is 1. The van der Waals surface area contributed by atoms with E-state index in [1.54, 1.807) is 12.1 Å².